The summed E-state index contributed by atoms with van der Waals surface area (Å²) < 4.78 is 14.8. The normalized spacial score (nSPS) is 14.8. The molecule has 4 aromatic rings. The number of piperazine rings is 1. The lowest BCUT2D eigenvalue weighted by atomic mass is 10.0. The number of likely N-dealkylation sites (N-methyl/N-ethyl adjacent to an activating group) is 1. The minimum atomic E-state index is -0.567. The van der Waals surface area contributed by atoms with Gasteiger partial charge in [-0.1, -0.05) is 24.3 Å². The van der Waals surface area contributed by atoms with Gasteiger partial charge in [0.2, 0.25) is 0 Å². The molecular weight excluding hydrogens is 545 g/mol. The molecule has 4 heterocycles. The molecule has 1 fully saturated rings. The molecule has 10 nitrogen and oxygen atoms in total. The Labute approximate surface area is 251 Å². The van der Waals surface area contributed by atoms with E-state index < -0.39 is 6.04 Å². The highest BCUT2D eigenvalue weighted by Gasteiger charge is 2.26. The van der Waals surface area contributed by atoms with Gasteiger partial charge in [0.1, 0.15) is 17.5 Å². The Kier molecular flexibility index (Phi) is 9.21. The Bertz CT molecular complexity index is 1550. The summed E-state index contributed by atoms with van der Waals surface area (Å²) in [5.74, 6) is 0.949. The predicted octanol–water partition coefficient (Wildman–Crippen LogP) is 4.19. The summed E-state index contributed by atoms with van der Waals surface area (Å²) >= 11 is 0. The van der Waals surface area contributed by atoms with Gasteiger partial charge in [0.05, 0.1) is 23.8 Å². The molecule has 3 N–H and O–H groups in total. The summed E-state index contributed by atoms with van der Waals surface area (Å²) in [7, 11) is 3.69. The predicted molar refractivity (Wildman–Crippen MR) is 167 cm³/mol. The van der Waals surface area contributed by atoms with Crippen LogP contribution in [0.15, 0.2) is 84.2 Å². The van der Waals surface area contributed by atoms with Gasteiger partial charge in [-0.05, 0) is 50.4 Å². The standard InChI is InChI=1S/C32H36FN9O/c1-22(27-6-4-5-7-28(27)33)42(31(43)25-9-12-29(37-20-25)39-32(34)35-2)21-26-11-8-23(18-36-26)24-10-13-30(38-19-24)41-16-14-40(3)15-17-41/h4-13,18-20,22H,14-17,21H2,1-3H3,(H3,34,35,37,39)/t22-/m1/s1. The quantitative estimate of drug-likeness (QED) is 0.235. The molecule has 11 heteroatoms. The Balaban J connectivity index is 1.35. The lowest BCUT2D eigenvalue weighted by molar-refractivity contribution is 0.0668. The summed E-state index contributed by atoms with van der Waals surface area (Å²) in [5, 5.41) is 2.85. The largest absolute Gasteiger partial charge is 0.370 e. The average molecular weight is 582 g/mol. The van der Waals surface area contributed by atoms with E-state index in [9.17, 15) is 9.18 Å². The number of nitrogens with one attached hydrogen (secondary N) is 1. The van der Waals surface area contributed by atoms with Gasteiger partial charge in [0.15, 0.2) is 5.96 Å². The average Bonchev–Trinajstić information content (AvgIpc) is 3.04. The second kappa shape index (κ2) is 13.4. The van der Waals surface area contributed by atoms with E-state index >= 15 is 0 Å². The lowest BCUT2D eigenvalue weighted by Crippen LogP contribution is -2.44. The fraction of sp³-hybridized carbons (Fsp3) is 0.281. The molecule has 0 bridgehead atoms. The van der Waals surface area contributed by atoms with E-state index in [2.05, 4.69) is 43.2 Å². The number of pyridine rings is 3. The number of halogens is 1. The maximum Gasteiger partial charge on any atom is 0.256 e. The molecule has 222 valence electrons. The van der Waals surface area contributed by atoms with Gasteiger partial charge in [0, 0.05) is 68.5 Å². The van der Waals surface area contributed by atoms with Crippen molar-refractivity contribution in [3.8, 4) is 11.1 Å². The van der Waals surface area contributed by atoms with Crippen LogP contribution < -0.4 is 16.0 Å². The van der Waals surface area contributed by atoms with Gasteiger partial charge >= 0.3 is 0 Å². The van der Waals surface area contributed by atoms with Crippen molar-refractivity contribution in [2.24, 2.45) is 10.7 Å². The van der Waals surface area contributed by atoms with Crippen LogP contribution in [0.1, 0.15) is 34.6 Å². The first kappa shape index (κ1) is 29.6. The first-order chi connectivity index (χ1) is 20.8. The van der Waals surface area contributed by atoms with Crippen LogP contribution >= 0.6 is 0 Å². The van der Waals surface area contributed by atoms with Crippen molar-refractivity contribution in [3.63, 3.8) is 0 Å². The number of aliphatic imine (C=N–C) groups is 1. The van der Waals surface area contributed by atoms with E-state index in [1.54, 1.807) is 55.4 Å². The molecule has 1 atom stereocenters. The number of nitrogens with two attached hydrogens (primary N) is 1. The molecular formula is C32H36FN9O. The first-order valence-electron chi connectivity index (χ1n) is 14.2. The van der Waals surface area contributed by atoms with E-state index in [0.717, 1.165) is 43.1 Å². The van der Waals surface area contributed by atoms with E-state index in [-0.39, 0.29) is 24.2 Å². The summed E-state index contributed by atoms with van der Waals surface area (Å²) in [6.07, 6.45) is 5.11. The minimum Gasteiger partial charge on any atom is -0.370 e. The van der Waals surface area contributed by atoms with Crippen LogP contribution in [-0.2, 0) is 6.54 Å². The number of benzene rings is 1. The number of hydrogen-bond acceptors (Lipinski definition) is 7. The third kappa shape index (κ3) is 7.12. The number of amides is 1. The molecule has 0 aliphatic carbocycles. The van der Waals surface area contributed by atoms with Gasteiger partial charge in [0.25, 0.3) is 5.91 Å². The van der Waals surface area contributed by atoms with E-state index in [0.29, 0.717) is 22.6 Å². The zero-order valence-corrected chi connectivity index (χ0v) is 24.6. The van der Waals surface area contributed by atoms with Crippen molar-refractivity contribution in [2.45, 2.75) is 19.5 Å². The van der Waals surface area contributed by atoms with Gasteiger partial charge < -0.3 is 25.8 Å². The highest BCUT2D eigenvalue weighted by Crippen LogP contribution is 2.27. The van der Waals surface area contributed by atoms with E-state index in [4.69, 9.17) is 10.7 Å². The summed E-state index contributed by atoms with van der Waals surface area (Å²) in [6.45, 7) is 5.93. The van der Waals surface area contributed by atoms with Crippen LogP contribution in [-0.4, -0.2) is 76.9 Å². The van der Waals surface area contributed by atoms with Gasteiger partial charge in [-0.25, -0.2) is 14.4 Å². The van der Waals surface area contributed by atoms with Crippen molar-refractivity contribution < 1.29 is 9.18 Å². The van der Waals surface area contributed by atoms with E-state index in [1.165, 1.54) is 12.3 Å². The number of aromatic nitrogens is 3. The smallest absolute Gasteiger partial charge is 0.256 e. The fourth-order valence-corrected chi connectivity index (χ4v) is 4.96. The zero-order chi connectivity index (χ0) is 30.3. The van der Waals surface area contributed by atoms with Crippen molar-refractivity contribution in [1.29, 1.82) is 0 Å². The number of carbonyl (C=O) groups is 1. The third-order valence-electron chi connectivity index (χ3n) is 7.66. The number of nitrogens with zero attached hydrogens (tertiary/aromatic N) is 7. The molecule has 5 rings (SSSR count). The van der Waals surface area contributed by atoms with Crippen LogP contribution in [0.4, 0.5) is 16.0 Å². The third-order valence-corrected chi connectivity index (χ3v) is 7.66. The number of guanidine groups is 1. The zero-order valence-electron chi connectivity index (χ0n) is 24.6. The van der Waals surface area contributed by atoms with Crippen molar-refractivity contribution >= 4 is 23.5 Å². The molecule has 0 spiro atoms. The maximum absolute atomic E-state index is 14.8. The Morgan fingerprint density at radius 2 is 1.70 bits per heavy atom. The first-order valence-corrected chi connectivity index (χ1v) is 14.2. The minimum absolute atomic E-state index is 0.171. The molecule has 1 aliphatic rings. The lowest BCUT2D eigenvalue weighted by Gasteiger charge is -2.33. The number of carbonyl (C=O) groups excluding carboxylic acids is 1. The van der Waals surface area contributed by atoms with Gasteiger partial charge in [-0.2, -0.15) is 0 Å². The number of anilines is 2. The molecule has 0 saturated carbocycles. The Morgan fingerprint density at radius 3 is 2.30 bits per heavy atom. The fourth-order valence-electron chi connectivity index (χ4n) is 4.96. The number of hydrogen-bond donors (Lipinski definition) is 2. The van der Waals surface area contributed by atoms with Crippen molar-refractivity contribution in [3.05, 3.63) is 102 Å². The van der Waals surface area contributed by atoms with Crippen molar-refractivity contribution in [1.82, 2.24) is 24.8 Å². The summed E-state index contributed by atoms with van der Waals surface area (Å²) in [4.78, 5) is 37.5. The van der Waals surface area contributed by atoms with Gasteiger partial charge in [-0.3, -0.25) is 14.8 Å². The van der Waals surface area contributed by atoms with Crippen LogP contribution in [0, 0.1) is 5.82 Å². The Hall–Kier alpha value is -4.90. The molecule has 1 aromatic carbocycles. The molecule has 3 aromatic heterocycles. The molecule has 1 aliphatic heterocycles. The Morgan fingerprint density at radius 1 is 0.977 bits per heavy atom. The molecule has 1 amide bonds. The van der Waals surface area contributed by atoms with Gasteiger partial charge in [-0.15, -0.1) is 0 Å². The monoisotopic (exact) mass is 581 g/mol. The molecule has 43 heavy (non-hydrogen) atoms. The molecule has 0 unspecified atom stereocenters. The summed E-state index contributed by atoms with van der Waals surface area (Å²) in [6, 6.07) is 17.2. The number of rotatable bonds is 8. The van der Waals surface area contributed by atoms with Crippen LogP contribution in [0.25, 0.3) is 11.1 Å². The van der Waals surface area contributed by atoms with Crippen LogP contribution in [0.3, 0.4) is 0 Å². The SMILES string of the molecule is CN=C(N)Nc1ccc(C(=O)N(Cc2ccc(-c3ccc(N4CCN(C)CC4)nc3)cn2)[C@H](C)c2ccccc2F)cn1. The molecule has 1 saturated heterocycles. The second-order valence-corrected chi connectivity index (χ2v) is 10.5. The topological polar surface area (TPSA) is 116 Å². The highest BCUT2D eigenvalue weighted by molar-refractivity contribution is 5.95. The summed E-state index contributed by atoms with van der Waals surface area (Å²) in [5.41, 5.74) is 9.03. The highest BCUT2D eigenvalue weighted by atomic mass is 19.1. The van der Waals surface area contributed by atoms with Crippen molar-refractivity contribution in [2.75, 3.05) is 50.5 Å². The van der Waals surface area contributed by atoms with Crippen LogP contribution in [0.5, 0.6) is 0 Å². The molecule has 0 radical (unpaired) electrons. The van der Waals surface area contributed by atoms with Crippen LogP contribution in [0.2, 0.25) is 0 Å². The second-order valence-electron chi connectivity index (χ2n) is 10.5. The van der Waals surface area contributed by atoms with E-state index in [1.807, 2.05) is 24.4 Å². The maximum atomic E-state index is 14.8.